The average Bonchev–Trinajstić information content (AvgIpc) is 2.73. The standard InChI is InChI=1S/C23H25ClN4O3/c1-13-9-18(10-14(2)22(13)24)31-12-21(29)25-7-8-26-23(30)17-5-6-19-20(11-17)28-16(4)15(3)27-19/h5-6,9-11H,7-8,12H2,1-4H3,(H,25,29)(H,26,30). The van der Waals surface area contributed by atoms with E-state index in [1.165, 1.54) is 0 Å². The molecule has 0 saturated carbocycles. The summed E-state index contributed by atoms with van der Waals surface area (Å²) < 4.78 is 5.52. The fourth-order valence-corrected chi connectivity index (χ4v) is 3.15. The lowest BCUT2D eigenvalue weighted by atomic mass is 10.1. The molecule has 0 unspecified atom stereocenters. The van der Waals surface area contributed by atoms with Gasteiger partial charge < -0.3 is 15.4 Å². The Morgan fingerprint density at radius 1 is 0.903 bits per heavy atom. The van der Waals surface area contributed by atoms with Gasteiger partial charge >= 0.3 is 0 Å². The number of hydrogen-bond acceptors (Lipinski definition) is 5. The second-order valence-corrected chi connectivity index (χ2v) is 7.74. The van der Waals surface area contributed by atoms with E-state index in [9.17, 15) is 9.59 Å². The number of nitrogens with one attached hydrogen (secondary N) is 2. The highest BCUT2D eigenvalue weighted by molar-refractivity contribution is 6.32. The maximum Gasteiger partial charge on any atom is 0.258 e. The fourth-order valence-electron chi connectivity index (χ4n) is 3.04. The largest absolute Gasteiger partial charge is 0.484 e. The number of hydrogen-bond donors (Lipinski definition) is 2. The summed E-state index contributed by atoms with van der Waals surface area (Å²) in [7, 11) is 0. The number of halogens is 1. The third-order valence-electron chi connectivity index (χ3n) is 4.85. The molecule has 0 atom stereocenters. The Kier molecular flexibility index (Phi) is 7.07. The molecule has 1 aromatic heterocycles. The van der Waals surface area contributed by atoms with Crippen molar-refractivity contribution in [3.05, 3.63) is 63.4 Å². The summed E-state index contributed by atoms with van der Waals surface area (Å²) >= 11 is 6.13. The number of aryl methyl sites for hydroxylation is 4. The fraction of sp³-hybridized carbons (Fsp3) is 0.304. The summed E-state index contributed by atoms with van der Waals surface area (Å²) in [5.41, 5.74) is 5.40. The van der Waals surface area contributed by atoms with Gasteiger partial charge in [0.25, 0.3) is 11.8 Å². The Morgan fingerprint density at radius 2 is 1.52 bits per heavy atom. The van der Waals surface area contributed by atoms with E-state index in [4.69, 9.17) is 16.3 Å². The van der Waals surface area contributed by atoms with Crippen LogP contribution in [0.25, 0.3) is 11.0 Å². The first-order chi connectivity index (χ1) is 14.7. The highest BCUT2D eigenvalue weighted by Gasteiger charge is 2.10. The molecule has 0 fully saturated rings. The first-order valence-corrected chi connectivity index (χ1v) is 10.3. The number of amides is 2. The molecule has 8 heteroatoms. The van der Waals surface area contributed by atoms with Crippen molar-refractivity contribution in [2.75, 3.05) is 19.7 Å². The zero-order chi connectivity index (χ0) is 22.5. The van der Waals surface area contributed by atoms with E-state index in [2.05, 4.69) is 20.6 Å². The molecule has 0 bridgehead atoms. The third-order valence-corrected chi connectivity index (χ3v) is 5.45. The van der Waals surface area contributed by atoms with Crippen LogP contribution in [-0.4, -0.2) is 41.5 Å². The minimum atomic E-state index is -0.272. The summed E-state index contributed by atoms with van der Waals surface area (Å²) in [6.07, 6.45) is 0. The molecule has 3 rings (SSSR count). The quantitative estimate of drug-likeness (QED) is 0.549. The van der Waals surface area contributed by atoms with Gasteiger partial charge in [0.2, 0.25) is 0 Å². The van der Waals surface area contributed by atoms with Crippen LogP contribution in [-0.2, 0) is 4.79 Å². The highest BCUT2D eigenvalue weighted by Crippen LogP contribution is 2.25. The second kappa shape index (κ2) is 9.75. The minimum Gasteiger partial charge on any atom is -0.484 e. The monoisotopic (exact) mass is 440 g/mol. The second-order valence-electron chi connectivity index (χ2n) is 7.36. The maximum absolute atomic E-state index is 12.4. The number of rotatable bonds is 7. The van der Waals surface area contributed by atoms with E-state index in [-0.39, 0.29) is 25.0 Å². The number of fused-ring (bicyclic) bond motifs is 1. The molecule has 0 radical (unpaired) electrons. The maximum atomic E-state index is 12.4. The number of aromatic nitrogens is 2. The molecule has 0 saturated heterocycles. The van der Waals surface area contributed by atoms with Gasteiger partial charge in [0.05, 0.1) is 22.4 Å². The molecule has 0 aliphatic carbocycles. The third kappa shape index (κ3) is 5.70. The molecule has 2 N–H and O–H groups in total. The van der Waals surface area contributed by atoms with Crippen LogP contribution >= 0.6 is 11.6 Å². The van der Waals surface area contributed by atoms with Crippen molar-refractivity contribution in [1.29, 1.82) is 0 Å². The van der Waals surface area contributed by atoms with E-state index >= 15 is 0 Å². The van der Waals surface area contributed by atoms with Crippen LogP contribution in [0, 0.1) is 27.7 Å². The SMILES string of the molecule is Cc1cc(OCC(=O)NCCNC(=O)c2ccc3nc(C)c(C)nc3c2)cc(C)c1Cl. The summed E-state index contributed by atoms with van der Waals surface area (Å²) in [5, 5.41) is 6.19. The van der Waals surface area contributed by atoms with Crippen molar-refractivity contribution < 1.29 is 14.3 Å². The Balaban J connectivity index is 1.45. The molecule has 2 aromatic carbocycles. The van der Waals surface area contributed by atoms with E-state index in [1.807, 2.05) is 27.7 Å². The van der Waals surface area contributed by atoms with E-state index in [1.54, 1.807) is 30.3 Å². The van der Waals surface area contributed by atoms with Crippen LogP contribution in [0.2, 0.25) is 5.02 Å². The predicted molar refractivity (Wildman–Crippen MR) is 121 cm³/mol. The van der Waals surface area contributed by atoms with Crippen molar-refractivity contribution in [1.82, 2.24) is 20.6 Å². The normalized spacial score (nSPS) is 10.7. The van der Waals surface area contributed by atoms with Gasteiger partial charge in [0, 0.05) is 23.7 Å². The van der Waals surface area contributed by atoms with Crippen molar-refractivity contribution in [3.63, 3.8) is 0 Å². The Hall–Kier alpha value is -3.19. The lowest BCUT2D eigenvalue weighted by Crippen LogP contribution is -2.36. The van der Waals surface area contributed by atoms with Gasteiger partial charge in [-0.2, -0.15) is 0 Å². The average molecular weight is 441 g/mol. The molecule has 0 aliphatic rings. The van der Waals surface area contributed by atoms with Crippen LogP contribution in [0.15, 0.2) is 30.3 Å². The molecular formula is C23H25ClN4O3. The van der Waals surface area contributed by atoms with Crippen LogP contribution in [0.4, 0.5) is 0 Å². The lowest BCUT2D eigenvalue weighted by molar-refractivity contribution is -0.123. The molecule has 7 nitrogen and oxygen atoms in total. The van der Waals surface area contributed by atoms with Crippen molar-refractivity contribution in [2.45, 2.75) is 27.7 Å². The van der Waals surface area contributed by atoms with Crippen molar-refractivity contribution in [3.8, 4) is 5.75 Å². The van der Waals surface area contributed by atoms with Gasteiger partial charge in [-0.1, -0.05) is 11.6 Å². The Morgan fingerprint density at radius 3 is 2.19 bits per heavy atom. The smallest absolute Gasteiger partial charge is 0.258 e. The molecule has 1 heterocycles. The molecule has 162 valence electrons. The van der Waals surface area contributed by atoms with Crippen LogP contribution in [0.5, 0.6) is 5.75 Å². The molecule has 3 aromatic rings. The number of benzene rings is 2. The van der Waals surface area contributed by atoms with Gasteiger partial charge in [-0.3, -0.25) is 9.59 Å². The first kappa shape index (κ1) is 22.5. The van der Waals surface area contributed by atoms with Gasteiger partial charge in [-0.25, -0.2) is 9.97 Å². The summed E-state index contributed by atoms with van der Waals surface area (Å²) in [6, 6.07) is 8.79. The number of carbonyl (C=O) groups excluding carboxylic acids is 2. The van der Waals surface area contributed by atoms with E-state index in [0.717, 1.165) is 28.0 Å². The van der Waals surface area contributed by atoms with Crippen LogP contribution in [0.3, 0.4) is 0 Å². The van der Waals surface area contributed by atoms with E-state index in [0.29, 0.717) is 28.4 Å². The molecule has 2 amide bonds. The number of nitrogens with zero attached hydrogens (tertiary/aromatic N) is 2. The first-order valence-electron chi connectivity index (χ1n) is 9.94. The topological polar surface area (TPSA) is 93.2 Å². The molecule has 0 aliphatic heterocycles. The summed E-state index contributed by atoms with van der Waals surface area (Å²) in [5.74, 6) is 0.0820. The van der Waals surface area contributed by atoms with Crippen molar-refractivity contribution >= 4 is 34.4 Å². The zero-order valence-electron chi connectivity index (χ0n) is 18.0. The number of carbonyl (C=O) groups is 2. The van der Waals surface area contributed by atoms with Crippen molar-refractivity contribution in [2.24, 2.45) is 0 Å². The summed E-state index contributed by atoms with van der Waals surface area (Å²) in [4.78, 5) is 33.3. The molecule has 31 heavy (non-hydrogen) atoms. The Bertz CT molecular complexity index is 1120. The van der Waals surface area contributed by atoms with Gasteiger partial charge in [0.15, 0.2) is 6.61 Å². The Labute approximate surface area is 186 Å². The van der Waals surface area contributed by atoms with E-state index < -0.39 is 0 Å². The van der Waals surface area contributed by atoms with Gasteiger partial charge in [-0.05, 0) is 69.2 Å². The highest BCUT2D eigenvalue weighted by atomic mass is 35.5. The minimum absolute atomic E-state index is 0.115. The zero-order valence-corrected chi connectivity index (χ0v) is 18.8. The number of ether oxygens (including phenoxy) is 1. The predicted octanol–water partition coefficient (Wildman–Crippen LogP) is 3.44. The van der Waals surface area contributed by atoms with Crippen LogP contribution < -0.4 is 15.4 Å². The molecule has 0 spiro atoms. The summed E-state index contributed by atoms with van der Waals surface area (Å²) in [6.45, 7) is 8.02. The van der Waals surface area contributed by atoms with Gasteiger partial charge in [-0.15, -0.1) is 0 Å². The van der Waals surface area contributed by atoms with Gasteiger partial charge in [0.1, 0.15) is 5.75 Å². The molecular weight excluding hydrogens is 416 g/mol. The van der Waals surface area contributed by atoms with Crippen LogP contribution in [0.1, 0.15) is 32.9 Å². The lowest BCUT2D eigenvalue weighted by Gasteiger charge is -2.11.